The number of hydrogen-bond donors (Lipinski definition) is 1. The molecule has 0 aliphatic rings. The van der Waals surface area contributed by atoms with E-state index in [9.17, 15) is 9.59 Å². The minimum absolute atomic E-state index is 0.233. The van der Waals surface area contributed by atoms with Crippen molar-refractivity contribution in [2.75, 3.05) is 7.11 Å². The lowest BCUT2D eigenvalue weighted by Crippen LogP contribution is -2.39. The summed E-state index contributed by atoms with van der Waals surface area (Å²) in [7, 11) is 1.25. The first kappa shape index (κ1) is 12.4. The Labute approximate surface area is 97.8 Å². The van der Waals surface area contributed by atoms with Crippen LogP contribution in [0.4, 0.5) is 0 Å². The number of carbonyl (C=O) groups excluding carboxylic acids is 2. The van der Waals surface area contributed by atoms with Gasteiger partial charge < -0.3 is 10.1 Å². The Balaban J connectivity index is 2.73. The van der Waals surface area contributed by atoms with E-state index in [1.54, 1.807) is 0 Å². The second-order valence-corrected chi connectivity index (χ2v) is 3.48. The zero-order valence-corrected chi connectivity index (χ0v) is 9.62. The molecule has 16 heavy (non-hydrogen) atoms. The highest BCUT2D eigenvalue weighted by atomic mass is 35.5. The normalized spacial score (nSPS) is 11.7. The molecule has 0 bridgehead atoms. The van der Waals surface area contributed by atoms with Gasteiger partial charge in [0, 0.05) is 12.4 Å². The number of pyridine rings is 1. The van der Waals surface area contributed by atoms with Crippen molar-refractivity contribution in [2.24, 2.45) is 0 Å². The largest absolute Gasteiger partial charge is 0.467 e. The molecule has 86 valence electrons. The fourth-order valence-corrected chi connectivity index (χ4v) is 1.27. The van der Waals surface area contributed by atoms with Gasteiger partial charge in [-0.2, -0.15) is 0 Å². The number of aromatic nitrogens is 1. The molecule has 1 rings (SSSR count). The standard InChI is InChI=1S/C10H11ClN2O3/c1-6(10(15)16-2)13-9(14)7-3-4-12-5-8(7)11/h3-6H,1-2H3,(H,13,14)/t6-/m0/s1. The smallest absolute Gasteiger partial charge is 0.328 e. The predicted molar refractivity (Wildman–Crippen MR) is 58.2 cm³/mol. The number of amides is 1. The van der Waals surface area contributed by atoms with Crippen LogP contribution in [0, 0.1) is 0 Å². The van der Waals surface area contributed by atoms with E-state index in [1.807, 2.05) is 0 Å². The summed E-state index contributed by atoms with van der Waals surface area (Å²) in [6, 6.07) is 0.753. The quantitative estimate of drug-likeness (QED) is 0.804. The van der Waals surface area contributed by atoms with Gasteiger partial charge in [-0.05, 0) is 13.0 Å². The SMILES string of the molecule is COC(=O)[C@H](C)NC(=O)c1ccncc1Cl. The molecule has 0 unspecified atom stereocenters. The first-order chi connectivity index (χ1) is 7.56. The molecule has 0 aromatic carbocycles. The highest BCUT2D eigenvalue weighted by Crippen LogP contribution is 2.13. The lowest BCUT2D eigenvalue weighted by atomic mass is 10.2. The van der Waals surface area contributed by atoms with Crippen molar-refractivity contribution in [2.45, 2.75) is 13.0 Å². The van der Waals surface area contributed by atoms with Crippen molar-refractivity contribution in [1.82, 2.24) is 10.3 Å². The van der Waals surface area contributed by atoms with Gasteiger partial charge in [0.2, 0.25) is 0 Å². The summed E-state index contributed by atoms with van der Waals surface area (Å²) in [5.41, 5.74) is 0.271. The molecule has 0 spiro atoms. The zero-order valence-electron chi connectivity index (χ0n) is 8.86. The maximum atomic E-state index is 11.7. The van der Waals surface area contributed by atoms with E-state index in [1.165, 1.54) is 32.5 Å². The molecule has 1 heterocycles. The highest BCUT2D eigenvalue weighted by Gasteiger charge is 2.18. The van der Waals surface area contributed by atoms with Crippen LogP contribution in [0.2, 0.25) is 5.02 Å². The predicted octanol–water partition coefficient (Wildman–Crippen LogP) is 1.03. The van der Waals surface area contributed by atoms with Gasteiger partial charge in [0.1, 0.15) is 6.04 Å². The fourth-order valence-electron chi connectivity index (χ4n) is 1.07. The molecule has 1 amide bonds. The monoisotopic (exact) mass is 242 g/mol. The van der Waals surface area contributed by atoms with Gasteiger partial charge in [0.05, 0.1) is 17.7 Å². The number of hydrogen-bond acceptors (Lipinski definition) is 4. The van der Waals surface area contributed by atoms with Crippen molar-refractivity contribution in [3.63, 3.8) is 0 Å². The highest BCUT2D eigenvalue weighted by molar-refractivity contribution is 6.33. The Morgan fingerprint density at radius 3 is 2.81 bits per heavy atom. The maximum Gasteiger partial charge on any atom is 0.328 e. The van der Waals surface area contributed by atoms with Crippen LogP contribution in [0.15, 0.2) is 18.5 Å². The topological polar surface area (TPSA) is 68.3 Å². The molecule has 5 nitrogen and oxygen atoms in total. The van der Waals surface area contributed by atoms with Gasteiger partial charge >= 0.3 is 5.97 Å². The summed E-state index contributed by atoms with van der Waals surface area (Å²) in [4.78, 5) is 26.5. The van der Waals surface area contributed by atoms with Gasteiger partial charge in [-0.3, -0.25) is 9.78 Å². The van der Waals surface area contributed by atoms with E-state index in [2.05, 4.69) is 15.0 Å². The third-order valence-electron chi connectivity index (χ3n) is 1.92. The van der Waals surface area contributed by atoms with Crippen LogP contribution >= 0.6 is 11.6 Å². The lowest BCUT2D eigenvalue weighted by Gasteiger charge is -2.11. The van der Waals surface area contributed by atoms with Crippen LogP contribution in [0.1, 0.15) is 17.3 Å². The summed E-state index contributed by atoms with van der Waals surface area (Å²) in [5.74, 6) is -0.955. The molecule has 0 saturated carbocycles. The lowest BCUT2D eigenvalue weighted by molar-refractivity contribution is -0.142. The van der Waals surface area contributed by atoms with Gasteiger partial charge in [-0.1, -0.05) is 11.6 Å². The van der Waals surface area contributed by atoms with Crippen molar-refractivity contribution >= 4 is 23.5 Å². The van der Waals surface area contributed by atoms with Crippen LogP contribution in [0.3, 0.4) is 0 Å². The summed E-state index contributed by atoms with van der Waals surface area (Å²) in [6.45, 7) is 1.53. The van der Waals surface area contributed by atoms with E-state index < -0.39 is 17.9 Å². The molecule has 0 aliphatic carbocycles. The number of halogens is 1. The first-order valence-electron chi connectivity index (χ1n) is 4.54. The number of rotatable bonds is 3. The molecule has 0 fully saturated rings. The van der Waals surface area contributed by atoms with E-state index >= 15 is 0 Å². The zero-order chi connectivity index (χ0) is 12.1. The van der Waals surface area contributed by atoms with Crippen molar-refractivity contribution in [3.8, 4) is 0 Å². The van der Waals surface area contributed by atoms with Gasteiger partial charge in [-0.25, -0.2) is 4.79 Å². The first-order valence-corrected chi connectivity index (χ1v) is 4.92. The molecule has 0 saturated heterocycles. The number of nitrogens with one attached hydrogen (secondary N) is 1. The molecule has 0 aliphatic heterocycles. The van der Waals surface area contributed by atoms with E-state index in [-0.39, 0.29) is 10.6 Å². The Morgan fingerprint density at radius 2 is 2.25 bits per heavy atom. The van der Waals surface area contributed by atoms with Gasteiger partial charge in [0.15, 0.2) is 0 Å². The minimum atomic E-state index is -0.721. The van der Waals surface area contributed by atoms with E-state index in [0.717, 1.165) is 0 Å². The molecule has 1 N–H and O–H groups in total. The third-order valence-corrected chi connectivity index (χ3v) is 2.22. The summed E-state index contributed by atoms with van der Waals surface area (Å²) in [5, 5.41) is 2.70. The molecular weight excluding hydrogens is 232 g/mol. The summed E-state index contributed by atoms with van der Waals surface area (Å²) < 4.78 is 4.48. The van der Waals surface area contributed by atoms with Crippen LogP contribution in [-0.4, -0.2) is 30.0 Å². The average molecular weight is 243 g/mol. The molecule has 1 aromatic rings. The van der Waals surface area contributed by atoms with Crippen LogP contribution < -0.4 is 5.32 Å². The number of ether oxygens (including phenoxy) is 1. The molecule has 0 radical (unpaired) electrons. The molecule has 6 heteroatoms. The minimum Gasteiger partial charge on any atom is -0.467 e. The summed E-state index contributed by atoms with van der Waals surface area (Å²) >= 11 is 5.78. The average Bonchev–Trinajstić information content (AvgIpc) is 2.28. The number of esters is 1. The fraction of sp³-hybridized carbons (Fsp3) is 0.300. The Morgan fingerprint density at radius 1 is 1.56 bits per heavy atom. The van der Waals surface area contributed by atoms with Crippen LogP contribution in [-0.2, 0) is 9.53 Å². The summed E-state index contributed by atoms with van der Waals surface area (Å²) in [6.07, 6.45) is 2.81. The van der Waals surface area contributed by atoms with Crippen LogP contribution in [0.25, 0.3) is 0 Å². The number of methoxy groups -OCH3 is 1. The Hall–Kier alpha value is -1.62. The molecule has 1 aromatic heterocycles. The van der Waals surface area contributed by atoms with Crippen molar-refractivity contribution < 1.29 is 14.3 Å². The Bertz CT molecular complexity index is 409. The van der Waals surface area contributed by atoms with Gasteiger partial charge in [0.25, 0.3) is 5.91 Å². The third kappa shape index (κ3) is 2.93. The van der Waals surface area contributed by atoms with Gasteiger partial charge in [-0.15, -0.1) is 0 Å². The van der Waals surface area contributed by atoms with E-state index in [0.29, 0.717) is 0 Å². The molecular formula is C10H11ClN2O3. The maximum absolute atomic E-state index is 11.7. The second-order valence-electron chi connectivity index (χ2n) is 3.07. The van der Waals surface area contributed by atoms with Crippen LogP contribution in [0.5, 0.6) is 0 Å². The van der Waals surface area contributed by atoms with Crippen molar-refractivity contribution in [3.05, 3.63) is 29.0 Å². The molecule has 1 atom stereocenters. The van der Waals surface area contributed by atoms with E-state index in [4.69, 9.17) is 11.6 Å². The van der Waals surface area contributed by atoms with Crippen molar-refractivity contribution in [1.29, 1.82) is 0 Å². The number of nitrogens with zero attached hydrogens (tertiary/aromatic N) is 1. The second kappa shape index (κ2) is 5.46. The Kier molecular flexibility index (Phi) is 4.25. The number of carbonyl (C=O) groups is 2.